The van der Waals surface area contributed by atoms with Crippen molar-refractivity contribution in [2.45, 2.75) is 40.0 Å². The van der Waals surface area contributed by atoms with Crippen molar-refractivity contribution in [3.05, 3.63) is 99.7 Å². The van der Waals surface area contributed by atoms with E-state index in [1.165, 1.54) is 10.2 Å². The highest BCUT2D eigenvalue weighted by atomic mass is 16.5. The lowest BCUT2D eigenvalue weighted by atomic mass is 10.1. The first-order chi connectivity index (χ1) is 18.0. The Morgan fingerprint density at radius 3 is 2.57 bits per heavy atom. The molecule has 2 aromatic carbocycles. The minimum absolute atomic E-state index is 0.102. The van der Waals surface area contributed by atoms with E-state index in [2.05, 4.69) is 34.0 Å². The molecule has 190 valence electrons. The highest BCUT2D eigenvalue weighted by molar-refractivity contribution is 5.83. The molecule has 0 spiro atoms. The number of nitrogens with zero attached hydrogens (tertiary/aromatic N) is 5. The summed E-state index contributed by atoms with van der Waals surface area (Å²) in [5.74, 6) is 0.645. The molecular weight excluding hydrogens is 466 g/mol. The maximum atomic E-state index is 13.3. The SMILES string of the molecule is CCN(Cc1ccncc1)Cc1ccc2c(c1)CN(C(=O)Cn1nc(C)c3ccccc3c1=O)CCO2. The van der Waals surface area contributed by atoms with Crippen LogP contribution in [0, 0.1) is 6.92 Å². The zero-order chi connectivity index (χ0) is 25.8. The lowest BCUT2D eigenvalue weighted by molar-refractivity contribution is -0.132. The quantitative estimate of drug-likeness (QED) is 0.389. The number of amides is 1. The fourth-order valence-electron chi connectivity index (χ4n) is 4.78. The zero-order valence-electron chi connectivity index (χ0n) is 21.3. The predicted molar refractivity (Wildman–Crippen MR) is 142 cm³/mol. The van der Waals surface area contributed by atoms with E-state index in [4.69, 9.17) is 4.74 Å². The molecule has 0 aliphatic carbocycles. The minimum Gasteiger partial charge on any atom is -0.491 e. The van der Waals surface area contributed by atoms with Crippen LogP contribution in [-0.4, -0.2) is 50.2 Å². The van der Waals surface area contributed by atoms with Gasteiger partial charge in [-0.05, 0) is 54.9 Å². The predicted octanol–water partition coefficient (Wildman–Crippen LogP) is 3.54. The fraction of sp³-hybridized carbons (Fsp3) is 0.310. The second-order valence-corrected chi connectivity index (χ2v) is 9.36. The minimum atomic E-state index is -0.253. The van der Waals surface area contributed by atoms with Gasteiger partial charge in [0.15, 0.2) is 0 Å². The van der Waals surface area contributed by atoms with Gasteiger partial charge in [0, 0.05) is 43.0 Å². The van der Waals surface area contributed by atoms with E-state index in [1.807, 2.05) is 55.7 Å². The van der Waals surface area contributed by atoms with Crippen molar-refractivity contribution in [3.63, 3.8) is 0 Å². The van der Waals surface area contributed by atoms with Gasteiger partial charge in [0.1, 0.15) is 18.9 Å². The molecule has 1 aliphatic heterocycles. The summed E-state index contributed by atoms with van der Waals surface area (Å²) in [4.78, 5) is 34.5. The summed E-state index contributed by atoms with van der Waals surface area (Å²) in [5.41, 5.74) is 3.83. The van der Waals surface area contributed by atoms with Gasteiger partial charge in [0.25, 0.3) is 5.56 Å². The first-order valence-electron chi connectivity index (χ1n) is 12.6. The molecule has 0 radical (unpaired) electrons. The molecule has 0 atom stereocenters. The third-order valence-corrected chi connectivity index (χ3v) is 6.80. The molecule has 0 fully saturated rings. The largest absolute Gasteiger partial charge is 0.491 e. The number of carbonyl (C=O) groups excluding carboxylic acids is 1. The normalized spacial score (nSPS) is 13.3. The second kappa shape index (κ2) is 10.9. The van der Waals surface area contributed by atoms with Crippen LogP contribution in [0.1, 0.15) is 29.3 Å². The van der Waals surface area contributed by atoms with Gasteiger partial charge >= 0.3 is 0 Å². The number of aromatic nitrogens is 3. The number of benzene rings is 2. The van der Waals surface area contributed by atoms with Crippen molar-refractivity contribution in [2.75, 3.05) is 19.7 Å². The smallest absolute Gasteiger partial charge is 0.275 e. The highest BCUT2D eigenvalue weighted by Gasteiger charge is 2.22. The molecule has 1 amide bonds. The van der Waals surface area contributed by atoms with Gasteiger partial charge in [0.2, 0.25) is 5.91 Å². The standard InChI is InChI=1S/C29H31N5O3/c1-3-32(17-22-10-12-30-13-11-22)18-23-8-9-27-24(16-23)19-33(14-15-37-27)28(35)20-34-29(36)26-7-5-4-6-25(26)21(2)31-34/h4-13,16H,3,14-15,17-20H2,1-2H3. The van der Waals surface area contributed by atoms with Gasteiger partial charge in [-0.3, -0.25) is 19.5 Å². The van der Waals surface area contributed by atoms with Crippen molar-refractivity contribution >= 4 is 16.7 Å². The molecule has 0 saturated heterocycles. The Labute approximate surface area is 216 Å². The van der Waals surface area contributed by atoms with E-state index in [0.717, 1.165) is 47.6 Å². The van der Waals surface area contributed by atoms with E-state index in [0.29, 0.717) is 25.1 Å². The Hall–Kier alpha value is -4.04. The maximum Gasteiger partial charge on any atom is 0.275 e. The van der Waals surface area contributed by atoms with Crippen LogP contribution < -0.4 is 10.3 Å². The Kier molecular flexibility index (Phi) is 7.28. The molecule has 0 bridgehead atoms. The second-order valence-electron chi connectivity index (χ2n) is 9.36. The molecule has 3 heterocycles. The third kappa shape index (κ3) is 5.54. The summed E-state index contributed by atoms with van der Waals surface area (Å²) in [5, 5.41) is 5.79. The maximum absolute atomic E-state index is 13.3. The van der Waals surface area contributed by atoms with Gasteiger partial charge < -0.3 is 9.64 Å². The van der Waals surface area contributed by atoms with Crippen LogP contribution in [-0.2, 0) is 31.0 Å². The van der Waals surface area contributed by atoms with Gasteiger partial charge in [-0.15, -0.1) is 0 Å². The molecule has 0 N–H and O–H groups in total. The van der Waals surface area contributed by atoms with Crippen molar-refractivity contribution in [1.29, 1.82) is 0 Å². The van der Waals surface area contributed by atoms with Crippen molar-refractivity contribution < 1.29 is 9.53 Å². The number of rotatable bonds is 7. The zero-order valence-corrected chi connectivity index (χ0v) is 21.3. The number of fused-ring (bicyclic) bond motifs is 2. The fourth-order valence-corrected chi connectivity index (χ4v) is 4.78. The first kappa shape index (κ1) is 24.6. The van der Waals surface area contributed by atoms with Crippen LogP contribution in [0.4, 0.5) is 0 Å². The number of aryl methyl sites for hydroxylation is 1. The van der Waals surface area contributed by atoms with Crippen molar-refractivity contribution in [2.24, 2.45) is 0 Å². The van der Waals surface area contributed by atoms with E-state index < -0.39 is 0 Å². The number of hydrogen-bond acceptors (Lipinski definition) is 6. The molecule has 8 heteroatoms. The summed E-state index contributed by atoms with van der Waals surface area (Å²) in [6.07, 6.45) is 3.63. The molecule has 0 saturated carbocycles. The van der Waals surface area contributed by atoms with Crippen LogP contribution >= 0.6 is 0 Å². The third-order valence-electron chi connectivity index (χ3n) is 6.80. The number of carbonyl (C=O) groups is 1. The topological polar surface area (TPSA) is 80.6 Å². The van der Waals surface area contributed by atoms with Crippen molar-refractivity contribution in [1.82, 2.24) is 24.6 Å². The first-order valence-corrected chi connectivity index (χ1v) is 12.6. The van der Waals surface area contributed by atoms with E-state index in [-0.39, 0.29) is 18.0 Å². The van der Waals surface area contributed by atoms with Crippen molar-refractivity contribution in [3.8, 4) is 5.75 Å². The average molecular weight is 498 g/mol. The van der Waals surface area contributed by atoms with Crippen LogP contribution in [0.15, 0.2) is 71.8 Å². The summed E-state index contributed by atoms with van der Waals surface area (Å²) in [6.45, 7) is 7.73. The van der Waals surface area contributed by atoms with E-state index in [1.54, 1.807) is 11.0 Å². The average Bonchev–Trinajstić information content (AvgIpc) is 3.14. The molecular formula is C29H31N5O3. The molecule has 0 unspecified atom stereocenters. The number of hydrogen-bond donors (Lipinski definition) is 0. The highest BCUT2D eigenvalue weighted by Crippen LogP contribution is 2.25. The molecule has 2 aromatic heterocycles. The van der Waals surface area contributed by atoms with Crippen LogP contribution in [0.25, 0.3) is 10.8 Å². The number of ether oxygens (including phenoxy) is 1. The molecule has 37 heavy (non-hydrogen) atoms. The number of pyridine rings is 1. The summed E-state index contributed by atoms with van der Waals surface area (Å²) in [7, 11) is 0. The van der Waals surface area contributed by atoms with Gasteiger partial charge in [0.05, 0.1) is 17.6 Å². The lowest BCUT2D eigenvalue weighted by Crippen LogP contribution is -2.38. The molecule has 5 rings (SSSR count). The summed E-state index contributed by atoms with van der Waals surface area (Å²) in [6, 6.07) is 17.6. The molecule has 4 aromatic rings. The van der Waals surface area contributed by atoms with E-state index in [9.17, 15) is 9.59 Å². The van der Waals surface area contributed by atoms with Crippen LogP contribution in [0.2, 0.25) is 0 Å². The lowest BCUT2D eigenvalue weighted by Gasteiger charge is -2.22. The Balaban J connectivity index is 1.32. The summed E-state index contributed by atoms with van der Waals surface area (Å²) >= 11 is 0. The Morgan fingerprint density at radius 1 is 1.03 bits per heavy atom. The molecule has 1 aliphatic rings. The summed E-state index contributed by atoms with van der Waals surface area (Å²) < 4.78 is 7.24. The monoisotopic (exact) mass is 497 g/mol. The van der Waals surface area contributed by atoms with E-state index >= 15 is 0 Å². The van der Waals surface area contributed by atoms with Crippen LogP contribution in [0.5, 0.6) is 5.75 Å². The Bertz CT molecular complexity index is 1470. The van der Waals surface area contributed by atoms with Crippen LogP contribution in [0.3, 0.4) is 0 Å². The Morgan fingerprint density at radius 2 is 1.78 bits per heavy atom. The van der Waals surface area contributed by atoms with Gasteiger partial charge in [-0.25, -0.2) is 4.68 Å². The molecule has 8 nitrogen and oxygen atoms in total. The van der Waals surface area contributed by atoms with Gasteiger partial charge in [-0.2, -0.15) is 5.10 Å². The van der Waals surface area contributed by atoms with Gasteiger partial charge in [-0.1, -0.05) is 31.2 Å².